The summed E-state index contributed by atoms with van der Waals surface area (Å²) in [6, 6.07) is 4.39. The first-order valence-electron chi connectivity index (χ1n) is 7.03. The molecule has 0 spiro atoms. The first-order valence-corrected chi connectivity index (χ1v) is 7.03. The van der Waals surface area contributed by atoms with Gasteiger partial charge in [-0.1, -0.05) is 0 Å². The molecule has 0 saturated heterocycles. The summed E-state index contributed by atoms with van der Waals surface area (Å²) in [4.78, 5) is 15.4. The van der Waals surface area contributed by atoms with Crippen molar-refractivity contribution in [3.8, 4) is 0 Å². The topological polar surface area (TPSA) is 75.4 Å². The summed E-state index contributed by atoms with van der Waals surface area (Å²) in [5.74, 6) is 0.677. The van der Waals surface area contributed by atoms with Gasteiger partial charge in [0.25, 0.3) is 5.91 Å². The quantitative estimate of drug-likeness (QED) is 0.888. The Hall–Kier alpha value is -1.69. The maximum Gasteiger partial charge on any atom is 0.273 e. The van der Waals surface area contributed by atoms with Crippen LogP contribution in [0.2, 0.25) is 0 Å². The smallest absolute Gasteiger partial charge is 0.273 e. The maximum atomic E-state index is 11.8. The van der Waals surface area contributed by atoms with Gasteiger partial charge in [-0.25, -0.2) is 0 Å². The van der Waals surface area contributed by atoms with E-state index in [1.54, 1.807) is 20.2 Å². The van der Waals surface area contributed by atoms with E-state index in [1.165, 1.54) is 4.90 Å². The molecule has 6 nitrogen and oxygen atoms in total. The van der Waals surface area contributed by atoms with E-state index in [2.05, 4.69) is 15.1 Å². The molecule has 0 atom stereocenters. The minimum atomic E-state index is -0.129. The van der Waals surface area contributed by atoms with Crippen molar-refractivity contribution in [1.82, 2.24) is 15.1 Å². The average molecular weight is 277 g/mol. The van der Waals surface area contributed by atoms with Crippen molar-refractivity contribution in [1.29, 1.82) is 0 Å². The Morgan fingerprint density at radius 2 is 1.80 bits per heavy atom. The van der Waals surface area contributed by atoms with E-state index in [0.29, 0.717) is 17.8 Å². The molecule has 0 unspecified atom stereocenters. The Kier molecular flexibility index (Phi) is 4.54. The number of carbonyl (C=O) groups is 1. The van der Waals surface area contributed by atoms with Crippen molar-refractivity contribution in [2.24, 2.45) is 5.73 Å². The zero-order chi connectivity index (χ0) is 14.7. The third kappa shape index (κ3) is 3.25. The molecule has 1 amide bonds. The van der Waals surface area contributed by atoms with Crippen molar-refractivity contribution < 1.29 is 4.79 Å². The lowest BCUT2D eigenvalue weighted by Crippen LogP contribution is -2.39. The molecule has 1 fully saturated rings. The van der Waals surface area contributed by atoms with Crippen LogP contribution in [0.5, 0.6) is 0 Å². The molecule has 1 saturated carbocycles. The summed E-state index contributed by atoms with van der Waals surface area (Å²) in [7, 11) is 5.43. The van der Waals surface area contributed by atoms with Crippen molar-refractivity contribution in [3.63, 3.8) is 0 Å². The van der Waals surface area contributed by atoms with Crippen LogP contribution < -0.4 is 10.6 Å². The van der Waals surface area contributed by atoms with Gasteiger partial charge in [0, 0.05) is 33.2 Å². The second-order valence-corrected chi connectivity index (χ2v) is 5.66. The minimum absolute atomic E-state index is 0.129. The predicted octanol–water partition coefficient (Wildman–Crippen LogP) is 0.885. The van der Waals surface area contributed by atoms with Crippen LogP contribution in [-0.2, 0) is 0 Å². The number of hydrogen-bond donors (Lipinski definition) is 1. The Labute approximate surface area is 120 Å². The zero-order valence-corrected chi connectivity index (χ0v) is 12.4. The molecule has 0 radical (unpaired) electrons. The van der Waals surface area contributed by atoms with E-state index in [9.17, 15) is 4.79 Å². The Morgan fingerprint density at radius 1 is 1.15 bits per heavy atom. The number of rotatable bonds is 3. The van der Waals surface area contributed by atoms with Crippen molar-refractivity contribution in [2.75, 3.05) is 26.0 Å². The molecule has 1 heterocycles. The van der Waals surface area contributed by atoms with Gasteiger partial charge < -0.3 is 15.5 Å². The minimum Gasteiger partial charge on any atom is -0.355 e. The van der Waals surface area contributed by atoms with Crippen LogP contribution in [0.4, 0.5) is 5.82 Å². The molecular formula is C14H23N5O. The first-order chi connectivity index (χ1) is 9.49. The SMILES string of the molecule is CN(C)C(=O)c1ccc(N(C)C2CCC(N)CC2)nn1. The summed E-state index contributed by atoms with van der Waals surface area (Å²) in [5, 5.41) is 8.20. The normalized spacial score (nSPS) is 22.4. The van der Waals surface area contributed by atoms with Gasteiger partial charge in [0.05, 0.1) is 0 Å². The fourth-order valence-corrected chi connectivity index (χ4v) is 2.53. The van der Waals surface area contributed by atoms with E-state index in [-0.39, 0.29) is 5.91 Å². The number of amides is 1. The number of carbonyl (C=O) groups excluding carboxylic acids is 1. The van der Waals surface area contributed by atoms with E-state index >= 15 is 0 Å². The highest BCUT2D eigenvalue weighted by molar-refractivity contribution is 5.91. The number of nitrogens with zero attached hydrogens (tertiary/aromatic N) is 4. The Balaban J connectivity index is 2.04. The Morgan fingerprint density at radius 3 is 2.30 bits per heavy atom. The largest absolute Gasteiger partial charge is 0.355 e. The van der Waals surface area contributed by atoms with Crippen LogP contribution in [0.15, 0.2) is 12.1 Å². The molecule has 1 aromatic heterocycles. The van der Waals surface area contributed by atoms with Gasteiger partial charge in [0.15, 0.2) is 11.5 Å². The van der Waals surface area contributed by atoms with Crippen LogP contribution in [0.3, 0.4) is 0 Å². The Bertz CT molecular complexity index is 451. The number of anilines is 1. The molecule has 1 aliphatic carbocycles. The third-order valence-corrected chi connectivity index (χ3v) is 3.93. The van der Waals surface area contributed by atoms with Crippen LogP contribution in [0.1, 0.15) is 36.2 Å². The van der Waals surface area contributed by atoms with Crippen LogP contribution in [-0.4, -0.2) is 54.2 Å². The highest BCUT2D eigenvalue weighted by Crippen LogP contribution is 2.24. The van der Waals surface area contributed by atoms with Crippen molar-refractivity contribution in [3.05, 3.63) is 17.8 Å². The fraction of sp³-hybridized carbons (Fsp3) is 0.643. The molecule has 20 heavy (non-hydrogen) atoms. The van der Waals surface area contributed by atoms with E-state index in [0.717, 1.165) is 31.5 Å². The summed E-state index contributed by atoms with van der Waals surface area (Å²) in [6.45, 7) is 0. The lowest BCUT2D eigenvalue weighted by atomic mass is 9.91. The molecule has 0 aliphatic heterocycles. The highest BCUT2D eigenvalue weighted by Gasteiger charge is 2.23. The van der Waals surface area contributed by atoms with Crippen molar-refractivity contribution >= 4 is 11.7 Å². The standard InChI is InChI=1S/C14H23N5O/c1-18(2)14(20)12-8-9-13(17-16-12)19(3)11-6-4-10(15)5-7-11/h8-11H,4-7,15H2,1-3H3. The van der Waals surface area contributed by atoms with Gasteiger partial charge in [-0.05, 0) is 37.8 Å². The monoisotopic (exact) mass is 277 g/mol. The summed E-state index contributed by atoms with van der Waals surface area (Å²) >= 11 is 0. The number of hydrogen-bond acceptors (Lipinski definition) is 5. The second kappa shape index (κ2) is 6.17. The molecule has 1 aliphatic rings. The van der Waals surface area contributed by atoms with E-state index < -0.39 is 0 Å². The lowest BCUT2D eigenvalue weighted by Gasteiger charge is -2.33. The lowest BCUT2D eigenvalue weighted by molar-refractivity contribution is 0.0821. The van der Waals surface area contributed by atoms with Gasteiger partial charge in [-0.15, -0.1) is 10.2 Å². The van der Waals surface area contributed by atoms with Crippen LogP contribution in [0, 0.1) is 0 Å². The highest BCUT2D eigenvalue weighted by atomic mass is 16.2. The molecule has 0 bridgehead atoms. The molecule has 6 heteroatoms. The van der Waals surface area contributed by atoms with Gasteiger partial charge in [0.1, 0.15) is 0 Å². The van der Waals surface area contributed by atoms with Crippen LogP contribution >= 0.6 is 0 Å². The second-order valence-electron chi connectivity index (χ2n) is 5.66. The summed E-state index contributed by atoms with van der Waals surface area (Å²) < 4.78 is 0. The zero-order valence-electron chi connectivity index (χ0n) is 12.4. The van der Waals surface area contributed by atoms with Gasteiger partial charge in [-0.3, -0.25) is 4.79 Å². The maximum absolute atomic E-state index is 11.8. The van der Waals surface area contributed by atoms with Crippen LogP contribution in [0.25, 0.3) is 0 Å². The summed E-state index contributed by atoms with van der Waals surface area (Å²) in [6.07, 6.45) is 4.27. The molecule has 1 aromatic rings. The van der Waals surface area contributed by atoms with E-state index in [1.807, 2.05) is 13.1 Å². The number of aromatic nitrogens is 2. The molecule has 110 valence electrons. The van der Waals surface area contributed by atoms with Gasteiger partial charge in [0.2, 0.25) is 0 Å². The first kappa shape index (κ1) is 14.7. The summed E-state index contributed by atoms with van der Waals surface area (Å²) in [5.41, 5.74) is 6.30. The van der Waals surface area contributed by atoms with Crippen molar-refractivity contribution in [2.45, 2.75) is 37.8 Å². The van der Waals surface area contributed by atoms with Gasteiger partial charge in [-0.2, -0.15) is 0 Å². The average Bonchev–Trinajstić information content (AvgIpc) is 2.46. The predicted molar refractivity (Wildman–Crippen MR) is 78.7 cm³/mol. The van der Waals surface area contributed by atoms with E-state index in [4.69, 9.17) is 5.73 Å². The molecular weight excluding hydrogens is 254 g/mol. The third-order valence-electron chi connectivity index (χ3n) is 3.93. The molecule has 0 aromatic carbocycles. The van der Waals surface area contributed by atoms with Gasteiger partial charge >= 0.3 is 0 Å². The fourth-order valence-electron chi connectivity index (χ4n) is 2.53. The number of nitrogens with two attached hydrogens (primary N) is 1. The molecule has 2 rings (SSSR count). The molecule has 2 N–H and O–H groups in total.